The molecule has 0 unspecified atom stereocenters. The highest BCUT2D eigenvalue weighted by Gasteiger charge is 2.17. The molecule has 32 heavy (non-hydrogen) atoms. The molecular formula is C27H42Cl2N2O. The minimum atomic E-state index is -0.588. The van der Waals surface area contributed by atoms with Crippen molar-refractivity contribution in [3.8, 4) is 0 Å². The zero-order valence-electron chi connectivity index (χ0n) is 20.1. The van der Waals surface area contributed by atoms with Crippen LogP contribution in [0.4, 0.5) is 0 Å². The summed E-state index contributed by atoms with van der Waals surface area (Å²) in [6.45, 7) is 7.23. The molecule has 1 atom stereocenters. The van der Waals surface area contributed by atoms with Crippen LogP contribution in [0.5, 0.6) is 0 Å². The van der Waals surface area contributed by atoms with Crippen LogP contribution in [0.2, 0.25) is 10.0 Å². The number of aromatic nitrogens is 1. The van der Waals surface area contributed by atoms with E-state index >= 15 is 0 Å². The third kappa shape index (κ3) is 9.55. The molecule has 1 heterocycles. The van der Waals surface area contributed by atoms with E-state index in [1.807, 2.05) is 12.1 Å². The van der Waals surface area contributed by atoms with Gasteiger partial charge < -0.3 is 10.0 Å². The Kier molecular flexibility index (Phi) is 13.6. The zero-order chi connectivity index (χ0) is 23.2. The predicted molar refractivity (Wildman–Crippen MR) is 140 cm³/mol. The minimum absolute atomic E-state index is 0.526. The summed E-state index contributed by atoms with van der Waals surface area (Å²) in [6, 6.07) is 5.46. The van der Waals surface area contributed by atoms with Crippen molar-refractivity contribution in [3.63, 3.8) is 0 Å². The van der Waals surface area contributed by atoms with Gasteiger partial charge in [-0.05, 0) is 49.7 Å². The second kappa shape index (κ2) is 15.9. The van der Waals surface area contributed by atoms with Crippen molar-refractivity contribution in [2.75, 3.05) is 19.6 Å². The molecule has 0 spiro atoms. The Hall–Kier alpha value is -0.870. The molecule has 0 saturated heterocycles. The van der Waals surface area contributed by atoms with Crippen molar-refractivity contribution in [1.82, 2.24) is 9.88 Å². The van der Waals surface area contributed by atoms with Gasteiger partial charge in [0.05, 0.1) is 16.6 Å². The van der Waals surface area contributed by atoms with E-state index in [1.54, 1.807) is 12.3 Å². The molecular weight excluding hydrogens is 439 g/mol. The molecule has 1 N–H and O–H groups in total. The lowest BCUT2D eigenvalue weighted by molar-refractivity contribution is 0.111. The van der Waals surface area contributed by atoms with Crippen LogP contribution in [-0.2, 0) is 0 Å². The average Bonchev–Trinajstić information content (AvgIpc) is 2.77. The standard InChI is InChI=1S/C27H42Cl2N2O/c1-3-5-7-9-11-13-17-31(18-14-12-10-8-6-4-2)21-26(32)23-15-16-30-27-24(23)19-22(28)20-25(27)29/h15-16,19-20,26,32H,3-14,17-18,21H2,1-2H3/t26-/m0/s1. The molecule has 0 saturated carbocycles. The average molecular weight is 482 g/mol. The van der Waals surface area contributed by atoms with Crippen LogP contribution in [0.15, 0.2) is 24.4 Å². The maximum Gasteiger partial charge on any atom is 0.0924 e. The van der Waals surface area contributed by atoms with Gasteiger partial charge in [-0.25, -0.2) is 0 Å². The molecule has 2 rings (SSSR count). The number of nitrogens with zero attached hydrogens (tertiary/aromatic N) is 2. The number of benzene rings is 1. The van der Waals surface area contributed by atoms with Crippen molar-refractivity contribution >= 4 is 34.1 Å². The van der Waals surface area contributed by atoms with E-state index in [-0.39, 0.29) is 0 Å². The summed E-state index contributed by atoms with van der Waals surface area (Å²) in [5, 5.41) is 13.1. The highest BCUT2D eigenvalue weighted by atomic mass is 35.5. The number of fused-ring (bicyclic) bond motifs is 1. The minimum Gasteiger partial charge on any atom is -0.387 e. The summed E-state index contributed by atoms with van der Waals surface area (Å²) in [7, 11) is 0. The Balaban J connectivity index is 1.99. The molecule has 0 bridgehead atoms. The van der Waals surface area contributed by atoms with Gasteiger partial charge in [0.25, 0.3) is 0 Å². The number of hydrogen-bond donors (Lipinski definition) is 1. The summed E-state index contributed by atoms with van der Waals surface area (Å²) < 4.78 is 0. The van der Waals surface area contributed by atoms with E-state index in [2.05, 4.69) is 23.7 Å². The van der Waals surface area contributed by atoms with Crippen LogP contribution in [0.25, 0.3) is 10.9 Å². The molecule has 180 valence electrons. The molecule has 1 aromatic carbocycles. The van der Waals surface area contributed by atoms with Gasteiger partial charge >= 0.3 is 0 Å². The Morgan fingerprint density at radius 3 is 2.00 bits per heavy atom. The summed E-state index contributed by atoms with van der Waals surface area (Å²) >= 11 is 12.6. The number of pyridine rings is 1. The molecule has 5 heteroatoms. The third-order valence-corrected chi connectivity index (χ3v) is 6.75. The van der Waals surface area contributed by atoms with Crippen molar-refractivity contribution in [2.45, 2.75) is 97.0 Å². The number of aliphatic hydroxyl groups excluding tert-OH is 1. The van der Waals surface area contributed by atoms with Gasteiger partial charge in [-0.15, -0.1) is 0 Å². The second-order valence-electron chi connectivity index (χ2n) is 9.04. The zero-order valence-corrected chi connectivity index (χ0v) is 21.6. The Morgan fingerprint density at radius 2 is 1.41 bits per heavy atom. The predicted octanol–water partition coefficient (Wildman–Crippen LogP) is 8.60. The van der Waals surface area contributed by atoms with Crippen LogP contribution >= 0.6 is 23.2 Å². The largest absolute Gasteiger partial charge is 0.387 e. The number of unbranched alkanes of at least 4 members (excludes halogenated alkanes) is 10. The normalized spacial score (nSPS) is 12.7. The van der Waals surface area contributed by atoms with E-state index in [0.717, 1.165) is 24.0 Å². The molecule has 0 aliphatic heterocycles. The van der Waals surface area contributed by atoms with Crippen LogP contribution in [0, 0.1) is 0 Å². The first-order valence-electron chi connectivity index (χ1n) is 12.7. The van der Waals surface area contributed by atoms with Crippen LogP contribution in [-0.4, -0.2) is 34.6 Å². The lowest BCUT2D eigenvalue weighted by atomic mass is 10.0. The topological polar surface area (TPSA) is 36.4 Å². The molecule has 3 nitrogen and oxygen atoms in total. The van der Waals surface area contributed by atoms with E-state index in [4.69, 9.17) is 23.2 Å². The summed E-state index contributed by atoms with van der Waals surface area (Å²) in [5.74, 6) is 0. The fraction of sp³-hybridized carbons (Fsp3) is 0.667. The number of hydrogen-bond acceptors (Lipinski definition) is 3. The van der Waals surface area contributed by atoms with Crippen molar-refractivity contribution in [1.29, 1.82) is 0 Å². The first kappa shape index (κ1) is 27.4. The van der Waals surface area contributed by atoms with E-state index in [0.29, 0.717) is 22.1 Å². The van der Waals surface area contributed by atoms with E-state index < -0.39 is 6.10 Å². The first-order chi connectivity index (χ1) is 15.6. The van der Waals surface area contributed by atoms with E-state index in [9.17, 15) is 5.11 Å². The smallest absolute Gasteiger partial charge is 0.0924 e. The Labute approximate surface area is 205 Å². The number of halogens is 2. The van der Waals surface area contributed by atoms with Crippen molar-refractivity contribution < 1.29 is 5.11 Å². The summed E-state index contributed by atoms with van der Waals surface area (Å²) in [5.41, 5.74) is 1.56. The van der Waals surface area contributed by atoms with Crippen molar-refractivity contribution in [2.24, 2.45) is 0 Å². The summed E-state index contributed by atoms with van der Waals surface area (Å²) in [4.78, 5) is 6.85. The monoisotopic (exact) mass is 480 g/mol. The van der Waals surface area contributed by atoms with Gasteiger partial charge in [0.2, 0.25) is 0 Å². The molecule has 1 aromatic heterocycles. The van der Waals surface area contributed by atoms with Gasteiger partial charge in [-0.3, -0.25) is 4.98 Å². The third-order valence-electron chi connectivity index (χ3n) is 6.24. The van der Waals surface area contributed by atoms with Crippen molar-refractivity contribution in [3.05, 3.63) is 40.0 Å². The second-order valence-corrected chi connectivity index (χ2v) is 9.88. The fourth-order valence-corrected chi connectivity index (χ4v) is 4.90. The SMILES string of the molecule is CCCCCCCCN(CCCCCCCC)C[C@H](O)c1ccnc2c(Cl)cc(Cl)cc12. The Bertz CT molecular complexity index is 768. The van der Waals surface area contributed by atoms with Gasteiger partial charge in [-0.2, -0.15) is 0 Å². The molecule has 0 amide bonds. The van der Waals surface area contributed by atoms with Crippen LogP contribution < -0.4 is 0 Å². The van der Waals surface area contributed by atoms with Crippen LogP contribution in [0.3, 0.4) is 0 Å². The van der Waals surface area contributed by atoms with Gasteiger partial charge in [0, 0.05) is 23.2 Å². The first-order valence-corrected chi connectivity index (χ1v) is 13.5. The number of aliphatic hydroxyl groups is 1. The molecule has 0 fully saturated rings. The van der Waals surface area contributed by atoms with Gasteiger partial charge in [0.1, 0.15) is 0 Å². The molecule has 0 aliphatic rings. The molecule has 0 radical (unpaired) electrons. The molecule has 2 aromatic rings. The van der Waals surface area contributed by atoms with Gasteiger partial charge in [0.15, 0.2) is 0 Å². The lowest BCUT2D eigenvalue weighted by Crippen LogP contribution is -2.31. The quantitative estimate of drug-likeness (QED) is 0.230. The number of rotatable bonds is 17. The highest BCUT2D eigenvalue weighted by Crippen LogP contribution is 2.31. The Morgan fingerprint density at radius 1 is 0.844 bits per heavy atom. The van der Waals surface area contributed by atoms with Gasteiger partial charge in [-0.1, -0.05) is 101 Å². The highest BCUT2D eigenvalue weighted by molar-refractivity contribution is 6.38. The maximum absolute atomic E-state index is 11.2. The fourth-order valence-electron chi connectivity index (χ4n) is 4.36. The van der Waals surface area contributed by atoms with E-state index in [1.165, 1.54) is 77.0 Å². The maximum atomic E-state index is 11.2. The lowest BCUT2D eigenvalue weighted by Gasteiger charge is -2.26. The molecule has 0 aliphatic carbocycles. The summed E-state index contributed by atoms with van der Waals surface area (Å²) in [6.07, 6.45) is 16.6. The van der Waals surface area contributed by atoms with Crippen LogP contribution in [0.1, 0.15) is 103 Å².